The van der Waals surface area contributed by atoms with E-state index < -0.39 is 8.32 Å². The van der Waals surface area contributed by atoms with Crippen molar-refractivity contribution in [2.45, 2.75) is 51.3 Å². The van der Waals surface area contributed by atoms with Gasteiger partial charge in [-0.1, -0.05) is 57.7 Å². The fourth-order valence-electron chi connectivity index (χ4n) is 2.00. The average Bonchev–Trinajstić information content (AvgIpc) is 2.46. The lowest BCUT2D eigenvalue weighted by Crippen LogP contribution is -2.44. The molecule has 1 aromatic rings. The third-order valence-electron chi connectivity index (χ3n) is 4.64. The van der Waals surface area contributed by atoms with Gasteiger partial charge in [-0.15, -0.1) is 0 Å². The smallest absolute Gasteiger partial charge is 0.192 e. The minimum atomic E-state index is -1.78. The molecule has 0 spiro atoms. The van der Waals surface area contributed by atoms with Crippen LogP contribution in [-0.4, -0.2) is 27.6 Å². The Kier molecular flexibility index (Phi) is 5.28. The fourth-order valence-corrected chi connectivity index (χ4v) is 3.00. The highest BCUT2D eigenvalue weighted by atomic mass is 28.4. The summed E-state index contributed by atoms with van der Waals surface area (Å²) in [6.07, 6.45) is -0.437. The van der Waals surface area contributed by atoms with E-state index in [4.69, 9.17) is 13.9 Å². The lowest BCUT2D eigenvalue weighted by atomic mass is 10.1. The zero-order chi connectivity index (χ0) is 16.4. The molecule has 2 rings (SSSR count). The summed E-state index contributed by atoms with van der Waals surface area (Å²) >= 11 is 0. The molecular weight excluding hydrogens is 292 g/mol. The Morgan fingerprint density at radius 3 is 2.45 bits per heavy atom. The number of rotatable bonds is 4. The molecule has 1 saturated heterocycles. The first-order chi connectivity index (χ1) is 10.2. The van der Waals surface area contributed by atoms with Crippen LogP contribution < -0.4 is 0 Å². The number of hydrogen-bond donors (Lipinski definition) is 0. The predicted octanol–water partition coefficient (Wildman–Crippen LogP) is 4.68. The van der Waals surface area contributed by atoms with Gasteiger partial charge in [0.25, 0.3) is 0 Å². The van der Waals surface area contributed by atoms with Crippen molar-refractivity contribution in [3.05, 3.63) is 48.0 Å². The standard InChI is InChI=1S/C18H28O3Si/c1-14-12-19-17(15-10-8-7-9-11-15)21-16(14)13-20-22(5,6)18(2,3)4/h7-11,16-17H,1,12-13H2,2-6H3/t16-,17-/m0/s1. The van der Waals surface area contributed by atoms with E-state index in [0.717, 1.165) is 11.1 Å². The summed E-state index contributed by atoms with van der Waals surface area (Å²) in [5.74, 6) is 0. The Morgan fingerprint density at radius 2 is 1.86 bits per heavy atom. The fraction of sp³-hybridized carbons (Fsp3) is 0.556. The van der Waals surface area contributed by atoms with Crippen molar-refractivity contribution in [3.8, 4) is 0 Å². The van der Waals surface area contributed by atoms with Gasteiger partial charge in [0.15, 0.2) is 14.6 Å². The van der Waals surface area contributed by atoms with Gasteiger partial charge in [-0.25, -0.2) is 0 Å². The van der Waals surface area contributed by atoms with Gasteiger partial charge >= 0.3 is 0 Å². The maximum atomic E-state index is 6.29. The second-order valence-corrected chi connectivity index (χ2v) is 12.2. The van der Waals surface area contributed by atoms with Crippen molar-refractivity contribution in [1.82, 2.24) is 0 Å². The molecule has 0 bridgehead atoms. The minimum absolute atomic E-state index is 0.104. The van der Waals surface area contributed by atoms with Crippen LogP contribution in [0.1, 0.15) is 32.6 Å². The number of benzene rings is 1. The largest absolute Gasteiger partial charge is 0.414 e. The highest BCUT2D eigenvalue weighted by Crippen LogP contribution is 2.37. The van der Waals surface area contributed by atoms with Crippen LogP contribution in [0.5, 0.6) is 0 Å². The average molecular weight is 321 g/mol. The molecule has 3 nitrogen and oxygen atoms in total. The summed E-state index contributed by atoms with van der Waals surface area (Å²) in [5, 5.41) is 0.193. The van der Waals surface area contributed by atoms with Crippen molar-refractivity contribution in [2.75, 3.05) is 13.2 Å². The summed E-state index contributed by atoms with van der Waals surface area (Å²) in [7, 11) is -1.78. The molecule has 1 aliphatic rings. The summed E-state index contributed by atoms with van der Waals surface area (Å²) in [5.41, 5.74) is 1.98. The SMILES string of the molecule is C=C1CO[C@H](c2ccccc2)O[C@H]1CO[Si](C)(C)C(C)(C)C. The van der Waals surface area contributed by atoms with E-state index in [1.165, 1.54) is 0 Å². The Bertz CT molecular complexity index is 505. The first-order valence-corrected chi connectivity index (χ1v) is 10.8. The molecule has 0 aromatic heterocycles. The van der Waals surface area contributed by atoms with E-state index in [9.17, 15) is 0 Å². The van der Waals surface area contributed by atoms with Crippen LogP contribution in [0.3, 0.4) is 0 Å². The lowest BCUT2D eigenvalue weighted by Gasteiger charge is -2.39. The molecule has 1 aliphatic heterocycles. The van der Waals surface area contributed by atoms with E-state index in [1.54, 1.807) is 0 Å². The summed E-state index contributed by atoms with van der Waals surface area (Å²) < 4.78 is 18.1. The van der Waals surface area contributed by atoms with Crippen molar-refractivity contribution < 1.29 is 13.9 Å². The summed E-state index contributed by atoms with van der Waals surface area (Å²) in [6.45, 7) is 16.4. The number of ether oxygens (including phenoxy) is 2. The highest BCUT2D eigenvalue weighted by Gasteiger charge is 2.38. The zero-order valence-corrected chi connectivity index (χ0v) is 15.4. The van der Waals surface area contributed by atoms with Crippen LogP contribution >= 0.6 is 0 Å². The molecule has 0 amide bonds. The quantitative estimate of drug-likeness (QED) is 0.595. The maximum absolute atomic E-state index is 6.29. The zero-order valence-electron chi connectivity index (χ0n) is 14.4. The topological polar surface area (TPSA) is 27.7 Å². The normalized spacial score (nSPS) is 23.6. The number of hydrogen-bond acceptors (Lipinski definition) is 3. The Balaban J connectivity index is 2.00. The van der Waals surface area contributed by atoms with Gasteiger partial charge in [0.05, 0.1) is 13.2 Å². The molecule has 0 saturated carbocycles. The molecule has 0 N–H and O–H groups in total. The van der Waals surface area contributed by atoms with Gasteiger partial charge in [-0.3, -0.25) is 0 Å². The van der Waals surface area contributed by atoms with Gasteiger partial charge in [0.2, 0.25) is 0 Å². The first kappa shape index (κ1) is 17.4. The molecule has 0 radical (unpaired) electrons. The minimum Gasteiger partial charge on any atom is -0.414 e. The van der Waals surface area contributed by atoms with Crippen LogP contribution in [0.15, 0.2) is 42.5 Å². The van der Waals surface area contributed by atoms with Gasteiger partial charge in [0.1, 0.15) is 6.10 Å². The molecule has 1 fully saturated rings. The van der Waals surface area contributed by atoms with Crippen molar-refractivity contribution in [3.63, 3.8) is 0 Å². The second-order valence-electron chi connectivity index (χ2n) is 7.41. The molecule has 22 heavy (non-hydrogen) atoms. The van der Waals surface area contributed by atoms with Crippen molar-refractivity contribution >= 4 is 8.32 Å². The maximum Gasteiger partial charge on any atom is 0.192 e. The molecule has 0 aliphatic carbocycles. The van der Waals surface area contributed by atoms with Crippen LogP contribution in [0, 0.1) is 0 Å². The molecule has 1 heterocycles. The summed E-state index contributed by atoms with van der Waals surface area (Å²) in [4.78, 5) is 0. The van der Waals surface area contributed by atoms with E-state index in [0.29, 0.717) is 13.2 Å². The van der Waals surface area contributed by atoms with Crippen LogP contribution in [0.2, 0.25) is 18.1 Å². The Labute approximate surface area is 135 Å². The molecule has 122 valence electrons. The molecule has 4 heteroatoms. The third-order valence-corrected chi connectivity index (χ3v) is 9.14. The van der Waals surface area contributed by atoms with Crippen molar-refractivity contribution in [1.29, 1.82) is 0 Å². The van der Waals surface area contributed by atoms with Gasteiger partial charge < -0.3 is 13.9 Å². The van der Waals surface area contributed by atoms with Gasteiger partial charge in [-0.2, -0.15) is 0 Å². The van der Waals surface area contributed by atoms with Crippen LogP contribution in [-0.2, 0) is 13.9 Å². The first-order valence-electron chi connectivity index (χ1n) is 7.84. The van der Waals surface area contributed by atoms with Crippen LogP contribution in [0.25, 0.3) is 0 Å². The van der Waals surface area contributed by atoms with E-state index in [1.807, 2.05) is 30.3 Å². The molecule has 0 unspecified atom stereocenters. The molecule has 2 atom stereocenters. The molecular formula is C18H28O3Si. The monoisotopic (exact) mass is 320 g/mol. The second kappa shape index (κ2) is 6.67. The predicted molar refractivity (Wildman–Crippen MR) is 92.3 cm³/mol. The Hall–Kier alpha value is -0.943. The van der Waals surface area contributed by atoms with Gasteiger partial charge in [-0.05, 0) is 23.7 Å². The molecule has 1 aromatic carbocycles. The van der Waals surface area contributed by atoms with Gasteiger partial charge in [0, 0.05) is 5.56 Å². The van der Waals surface area contributed by atoms with Crippen LogP contribution in [0.4, 0.5) is 0 Å². The lowest BCUT2D eigenvalue weighted by molar-refractivity contribution is -0.197. The van der Waals surface area contributed by atoms with E-state index in [2.05, 4.69) is 40.4 Å². The van der Waals surface area contributed by atoms with E-state index in [-0.39, 0.29) is 17.4 Å². The highest BCUT2D eigenvalue weighted by molar-refractivity contribution is 6.74. The van der Waals surface area contributed by atoms with Crippen molar-refractivity contribution in [2.24, 2.45) is 0 Å². The summed E-state index contributed by atoms with van der Waals surface area (Å²) in [6, 6.07) is 10.0. The third kappa shape index (κ3) is 4.07. The Morgan fingerprint density at radius 1 is 1.23 bits per heavy atom. The van der Waals surface area contributed by atoms with E-state index >= 15 is 0 Å².